The summed E-state index contributed by atoms with van der Waals surface area (Å²) in [6.45, 7) is 0.418. The van der Waals surface area contributed by atoms with Gasteiger partial charge in [0, 0.05) is 22.4 Å². The van der Waals surface area contributed by atoms with Crippen molar-refractivity contribution in [1.82, 2.24) is 20.1 Å². The van der Waals surface area contributed by atoms with E-state index in [2.05, 4.69) is 20.7 Å². The highest BCUT2D eigenvalue weighted by atomic mass is 32.1. The average Bonchev–Trinajstić information content (AvgIpc) is 3.47. The molecule has 2 aromatic heterocycles. The van der Waals surface area contributed by atoms with E-state index in [-0.39, 0.29) is 24.2 Å². The smallest absolute Gasteiger partial charge is 0.250 e. The van der Waals surface area contributed by atoms with E-state index in [1.165, 1.54) is 40.6 Å². The predicted molar refractivity (Wildman–Crippen MR) is 126 cm³/mol. The number of anilines is 1. The van der Waals surface area contributed by atoms with Gasteiger partial charge in [-0.05, 0) is 41.5 Å². The summed E-state index contributed by atoms with van der Waals surface area (Å²) >= 11 is 1.48. The molecule has 0 radical (unpaired) electrons. The van der Waals surface area contributed by atoms with E-state index in [9.17, 15) is 14.0 Å². The lowest BCUT2D eigenvalue weighted by Crippen LogP contribution is -2.27. The Hall–Kier alpha value is -4.11. The van der Waals surface area contributed by atoms with Crippen molar-refractivity contribution >= 4 is 35.2 Å². The SMILES string of the molecule is O=C(C=Cc1ccc(-c2ccc(F)cc2)s1)Nc1ncn(CC(=O)NCc2ccccc2)n1. The van der Waals surface area contributed by atoms with Crippen LogP contribution in [0.5, 0.6) is 0 Å². The zero-order chi connectivity index (χ0) is 23.0. The molecule has 0 saturated carbocycles. The summed E-state index contributed by atoms with van der Waals surface area (Å²) in [7, 11) is 0. The van der Waals surface area contributed by atoms with Gasteiger partial charge in [0.05, 0.1) is 0 Å². The summed E-state index contributed by atoms with van der Waals surface area (Å²) in [6, 6.07) is 19.6. The minimum Gasteiger partial charge on any atom is -0.350 e. The lowest BCUT2D eigenvalue weighted by molar-refractivity contribution is -0.122. The first kappa shape index (κ1) is 22.1. The van der Waals surface area contributed by atoms with E-state index >= 15 is 0 Å². The van der Waals surface area contributed by atoms with Crippen LogP contribution in [0.4, 0.5) is 10.3 Å². The molecule has 0 spiro atoms. The fourth-order valence-electron chi connectivity index (χ4n) is 2.95. The van der Waals surface area contributed by atoms with Crippen molar-refractivity contribution in [3.8, 4) is 10.4 Å². The third kappa shape index (κ3) is 6.44. The molecular weight excluding hydrogens is 441 g/mol. The lowest BCUT2D eigenvalue weighted by Gasteiger charge is -2.04. The number of aromatic nitrogens is 3. The molecule has 33 heavy (non-hydrogen) atoms. The number of amides is 2. The second kappa shape index (κ2) is 10.5. The zero-order valence-corrected chi connectivity index (χ0v) is 18.3. The van der Waals surface area contributed by atoms with Crippen LogP contribution in [-0.2, 0) is 22.7 Å². The number of carbonyl (C=O) groups is 2. The zero-order valence-electron chi connectivity index (χ0n) is 17.4. The Morgan fingerprint density at radius 1 is 1.03 bits per heavy atom. The van der Waals surface area contributed by atoms with E-state index in [4.69, 9.17) is 0 Å². The van der Waals surface area contributed by atoms with Crippen molar-refractivity contribution < 1.29 is 14.0 Å². The number of rotatable bonds is 8. The Labute approximate surface area is 193 Å². The molecule has 2 heterocycles. The summed E-state index contributed by atoms with van der Waals surface area (Å²) in [5.74, 6) is -0.774. The van der Waals surface area contributed by atoms with Crippen LogP contribution in [0.15, 0.2) is 79.1 Å². The number of thiophene rings is 1. The van der Waals surface area contributed by atoms with E-state index in [0.717, 1.165) is 20.9 Å². The number of nitrogens with one attached hydrogen (secondary N) is 2. The number of nitrogens with zero attached hydrogens (tertiary/aromatic N) is 3. The van der Waals surface area contributed by atoms with Gasteiger partial charge in [0.1, 0.15) is 18.7 Å². The average molecular weight is 462 g/mol. The van der Waals surface area contributed by atoms with Gasteiger partial charge in [-0.15, -0.1) is 16.4 Å². The van der Waals surface area contributed by atoms with Gasteiger partial charge in [-0.3, -0.25) is 14.9 Å². The molecule has 0 aliphatic rings. The molecule has 4 aromatic rings. The third-order valence-corrected chi connectivity index (χ3v) is 5.66. The molecule has 0 aliphatic carbocycles. The van der Waals surface area contributed by atoms with Gasteiger partial charge in [0.2, 0.25) is 11.9 Å². The first-order chi connectivity index (χ1) is 16.0. The summed E-state index contributed by atoms with van der Waals surface area (Å²) in [4.78, 5) is 30.1. The number of carbonyl (C=O) groups excluding carboxylic acids is 2. The fraction of sp³-hybridized carbons (Fsp3) is 0.0833. The standard InChI is InChI=1S/C24H20FN5O2S/c25-19-8-6-18(7-9-19)21-12-10-20(33-21)11-13-22(31)28-24-27-16-30(29-24)15-23(32)26-14-17-4-2-1-3-5-17/h1-13,16H,14-15H2,(H,26,32)(H,28,29,31). The third-order valence-electron chi connectivity index (χ3n) is 4.56. The van der Waals surface area contributed by atoms with Crippen LogP contribution >= 0.6 is 11.3 Å². The Morgan fingerprint density at radius 2 is 1.82 bits per heavy atom. The van der Waals surface area contributed by atoms with Crippen molar-refractivity contribution in [2.75, 3.05) is 5.32 Å². The second-order valence-electron chi connectivity index (χ2n) is 7.06. The maximum Gasteiger partial charge on any atom is 0.250 e. The topological polar surface area (TPSA) is 88.9 Å². The molecule has 9 heteroatoms. The predicted octanol–water partition coefficient (Wildman–Crippen LogP) is 4.11. The highest BCUT2D eigenvalue weighted by Gasteiger charge is 2.08. The van der Waals surface area contributed by atoms with Crippen molar-refractivity contribution in [3.05, 3.63) is 95.4 Å². The van der Waals surface area contributed by atoms with Gasteiger partial charge < -0.3 is 5.32 Å². The van der Waals surface area contributed by atoms with E-state index < -0.39 is 5.91 Å². The normalized spacial score (nSPS) is 10.9. The molecule has 0 atom stereocenters. The van der Waals surface area contributed by atoms with Gasteiger partial charge in [-0.1, -0.05) is 42.5 Å². The molecule has 2 N–H and O–H groups in total. The van der Waals surface area contributed by atoms with Gasteiger partial charge >= 0.3 is 0 Å². The van der Waals surface area contributed by atoms with Crippen molar-refractivity contribution in [1.29, 1.82) is 0 Å². The van der Waals surface area contributed by atoms with Crippen molar-refractivity contribution in [2.45, 2.75) is 13.1 Å². The van der Waals surface area contributed by atoms with E-state index in [0.29, 0.717) is 6.54 Å². The quantitative estimate of drug-likeness (QED) is 0.387. The second-order valence-corrected chi connectivity index (χ2v) is 8.17. The number of hydrogen-bond donors (Lipinski definition) is 2. The summed E-state index contributed by atoms with van der Waals surface area (Å²) < 4.78 is 14.4. The highest BCUT2D eigenvalue weighted by molar-refractivity contribution is 7.16. The Balaban J connectivity index is 1.26. The maximum absolute atomic E-state index is 13.1. The molecular formula is C24H20FN5O2S. The Morgan fingerprint density at radius 3 is 2.61 bits per heavy atom. The van der Waals surface area contributed by atoms with Crippen LogP contribution < -0.4 is 10.6 Å². The molecule has 2 aromatic carbocycles. The molecule has 0 bridgehead atoms. The fourth-order valence-corrected chi connectivity index (χ4v) is 3.87. The monoisotopic (exact) mass is 461 g/mol. The minimum absolute atomic E-state index is 0.00704. The first-order valence-corrected chi connectivity index (χ1v) is 10.9. The summed E-state index contributed by atoms with van der Waals surface area (Å²) in [6.07, 6.45) is 4.45. The summed E-state index contributed by atoms with van der Waals surface area (Å²) in [5, 5.41) is 9.48. The van der Waals surface area contributed by atoms with Gasteiger partial charge in [-0.25, -0.2) is 14.1 Å². The van der Waals surface area contributed by atoms with Crippen LogP contribution in [-0.4, -0.2) is 26.6 Å². The minimum atomic E-state index is -0.391. The van der Waals surface area contributed by atoms with E-state index in [1.54, 1.807) is 18.2 Å². The number of benzene rings is 2. The Kier molecular flexibility index (Phi) is 7.01. The molecule has 0 saturated heterocycles. The van der Waals surface area contributed by atoms with E-state index in [1.807, 2.05) is 42.5 Å². The molecule has 0 aliphatic heterocycles. The van der Waals surface area contributed by atoms with Gasteiger partial charge in [-0.2, -0.15) is 0 Å². The van der Waals surface area contributed by atoms with Crippen LogP contribution in [0.3, 0.4) is 0 Å². The van der Waals surface area contributed by atoms with Gasteiger partial charge in [0.25, 0.3) is 5.91 Å². The molecule has 7 nitrogen and oxygen atoms in total. The van der Waals surface area contributed by atoms with Crippen LogP contribution in [0.1, 0.15) is 10.4 Å². The molecule has 0 unspecified atom stereocenters. The molecule has 0 fully saturated rings. The Bertz CT molecular complexity index is 1270. The van der Waals surface area contributed by atoms with Crippen molar-refractivity contribution in [3.63, 3.8) is 0 Å². The number of hydrogen-bond acceptors (Lipinski definition) is 5. The van der Waals surface area contributed by atoms with Crippen LogP contribution in [0.25, 0.3) is 16.5 Å². The van der Waals surface area contributed by atoms with Crippen molar-refractivity contribution in [2.24, 2.45) is 0 Å². The van der Waals surface area contributed by atoms with Gasteiger partial charge in [0.15, 0.2) is 0 Å². The molecule has 2 amide bonds. The van der Waals surface area contributed by atoms with Crippen LogP contribution in [0, 0.1) is 5.82 Å². The lowest BCUT2D eigenvalue weighted by atomic mass is 10.2. The largest absolute Gasteiger partial charge is 0.350 e. The molecule has 166 valence electrons. The highest BCUT2D eigenvalue weighted by Crippen LogP contribution is 2.28. The van der Waals surface area contributed by atoms with Crippen LogP contribution in [0.2, 0.25) is 0 Å². The first-order valence-electron chi connectivity index (χ1n) is 10.1. The molecule has 4 rings (SSSR count). The summed E-state index contributed by atoms with van der Waals surface area (Å²) in [5.41, 5.74) is 1.91. The number of halogens is 1. The maximum atomic E-state index is 13.1.